The Balaban J connectivity index is 0.938. The number of aryl methyl sites for hydroxylation is 1. The van der Waals surface area contributed by atoms with Crippen molar-refractivity contribution in [3.8, 4) is 28.7 Å². The largest absolute Gasteiger partial charge is 0.360 e. The molecular weight excluding hydrogens is 803 g/mol. The van der Waals surface area contributed by atoms with Gasteiger partial charge in [-0.3, -0.25) is 0 Å². The Kier molecular flexibility index (Phi) is 7.96. The number of para-hydroxylation sites is 1. The number of nitrogens with zero attached hydrogens (tertiary/aromatic N) is 4. The van der Waals surface area contributed by atoms with E-state index in [-0.39, 0.29) is 11.5 Å². The van der Waals surface area contributed by atoms with Crippen molar-refractivity contribution in [1.82, 2.24) is 19.1 Å². The molecule has 3 heterocycles. The Bertz CT molecular complexity index is 3740. The van der Waals surface area contributed by atoms with Gasteiger partial charge >= 0.3 is 5.95 Å². The molecule has 2 unspecified atom stereocenters. The molecule has 7 aromatic carbocycles. The molecule has 1 N–H and O–H groups in total. The first kappa shape index (κ1) is 37.7. The monoisotopic (exact) mass is 850 g/mol. The van der Waals surface area contributed by atoms with Gasteiger partial charge in [0.15, 0.2) is 0 Å². The highest BCUT2D eigenvalue weighted by atomic mass is 15.2. The lowest BCUT2D eigenvalue weighted by Gasteiger charge is -2.30. The van der Waals surface area contributed by atoms with Crippen LogP contribution in [0.15, 0.2) is 163 Å². The minimum absolute atomic E-state index is 0.129. The molecule has 0 saturated heterocycles. The molecule has 5 heteroatoms. The zero-order valence-corrected chi connectivity index (χ0v) is 37.4. The van der Waals surface area contributed by atoms with Crippen LogP contribution in [0.1, 0.15) is 83.9 Å². The van der Waals surface area contributed by atoms with E-state index in [0.717, 1.165) is 59.8 Å². The van der Waals surface area contributed by atoms with Gasteiger partial charge in [-0.25, -0.2) is 9.55 Å². The topological polar surface area (TPSA) is 49.8 Å². The summed E-state index contributed by atoms with van der Waals surface area (Å²) in [5.74, 6) is 2.58. The SMILES string of the molecule is CC1=CCCc2c1n(C1C=Cc3c(c4ccccc4n3-c3nc(-c4ccccc4)nc(-c4ccccc4)[nH+]3)C1)c1ccc3c(c21)C(C)(C)C1=Cc2c(c4ccccc4c4ccccc24)CC13. The van der Waals surface area contributed by atoms with Crippen LogP contribution in [0.3, 0.4) is 0 Å². The number of H-pyrrole nitrogens is 1. The molecule has 0 bridgehead atoms. The third-order valence-electron chi connectivity index (χ3n) is 15.6. The van der Waals surface area contributed by atoms with Gasteiger partial charge in [-0.1, -0.05) is 152 Å². The van der Waals surface area contributed by atoms with Crippen molar-refractivity contribution in [3.05, 3.63) is 208 Å². The van der Waals surface area contributed by atoms with E-state index in [1.807, 2.05) is 12.1 Å². The standard InChI is InChI=1S/C61H47N5/c1-36-17-16-27-46-55-54(32-30-45-49-34-47-42-24-12-10-22-40(42)41-23-11-13-25-43(41)48(47)35-51(49)61(2,3)56(45)55)65(57(36)46)39-29-31-53-50(33-39)44-26-14-15-28-52(44)66(53)60-63-58(37-18-6-4-7-19-37)62-59(64-60)38-20-8-5-9-21-38/h4-15,17-26,28-32,35,39,49H,16,27,33-34H2,1-3H3/p+1. The summed E-state index contributed by atoms with van der Waals surface area (Å²) >= 11 is 0. The highest BCUT2D eigenvalue weighted by Gasteiger charge is 2.46. The second kappa shape index (κ2) is 13.9. The molecule has 2 atom stereocenters. The molecular formula is C61H48N5+. The van der Waals surface area contributed by atoms with Crippen LogP contribution in [0.25, 0.3) is 89.8 Å². The van der Waals surface area contributed by atoms with E-state index in [0.29, 0.717) is 11.7 Å². The molecule has 4 aliphatic carbocycles. The Morgan fingerprint density at radius 2 is 1.32 bits per heavy atom. The zero-order valence-electron chi connectivity index (χ0n) is 37.4. The van der Waals surface area contributed by atoms with Gasteiger partial charge in [-0.15, -0.1) is 4.98 Å². The molecule has 0 saturated carbocycles. The first-order chi connectivity index (χ1) is 32.4. The van der Waals surface area contributed by atoms with Crippen molar-refractivity contribution in [3.63, 3.8) is 0 Å². The summed E-state index contributed by atoms with van der Waals surface area (Å²) in [6, 6.07) is 52.8. The average molecular weight is 851 g/mol. The normalized spacial score (nSPS) is 17.9. The van der Waals surface area contributed by atoms with E-state index in [1.165, 1.54) is 76.9 Å². The molecule has 3 aromatic heterocycles. The first-order valence-corrected chi connectivity index (χ1v) is 23.7. The summed E-state index contributed by atoms with van der Waals surface area (Å²) in [4.78, 5) is 14.0. The smallest absolute Gasteiger partial charge is 0.333 e. The van der Waals surface area contributed by atoms with Gasteiger partial charge in [-0.2, -0.15) is 0 Å². The Morgan fingerprint density at radius 3 is 2.11 bits per heavy atom. The average Bonchev–Trinajstić information content (AvgIpc) is 3.97. The van der Waals surface area contributed by atoms with Gasteiger partial charge in [0, 0.05) is 56.4 Å². The molecule has 10 aromatic rings. The number of benzene rings is 7. The molecule has 316 valence electrons. The molecule has 5 nitrogen and oxygen atoms in total. The van der Waals surface area contributed by atoms with Gasteiger partial charge in [-0.05, 0) is 124 Å². The number of allylic oxidation sites excluding steroid dienone is 4. The lowest BCUT2D eigenvalue weighted by Crippen LogP contribution is -2.23. The van der Waals surface area contributed by atoms with Crippen molar-refractivity contribution in [2.45, 2.75) is 63.8 Å². The number of hydrogen-bond donors (Lipinski definition) is 0. The van der Waals surface area contributed by atoms with Crippen LogP contribution in [-0.4, -0.2) is 19.1 Å². The third kappa shape index (κ3) is 5.25. The summed E-state index contributed by atoms with van der Waals surface area (Å²) in [6.45, 7) is 7.37. The lowest BCUT2D eigenvalue weighted by molar-refractivity contribution is -0.368. The molecule has 0 radical (unpaired) electrons. The quantitative estimate of drug-likeness (QED) is 0.166. The fraction of sp³-hybridized carbons (Fsp3) is 0.164. The van der Waals surface area contributed by atoms with Crippen LogP contribution in [0.4, 0.5) is 0 Å². The van der Waals surface area contributed by atoms with Crippen molar-refractivity contribution < 1.29 is 4.98 Å². The number of rotatable bonds is 4. The van der Waals surface area contributed by atoms with Crippen molar-refractivity contribution in [2.75, 3.05) is 0 Å². The Morgan fingerprint density at radius 1 is 0.636 bits per heavy atom. The van der Waals surface area contributed by atoms with Gasteiger partial charge in [0.05, 0.1) is 11.7 Å². The summed E-state index contributed by atoms with van der Waals surface area (Å²) in [5.41, 5.74) is 18.7. The molecule has 0 aliphatic heterocycles. The molecule has 14 rings (SSSR count). The number of nitrogens with one attached hydrogen (secondary N) is 1. The minimum atomic E-state index is -0.132. The van der Waals surface area contributed by atoms with Crippen LogP contribution in [-0.2, 0) is 24.7 Å². The zero-order chi connectivity index (χ0) is 43.8. The molecule has 4 aliphatic rings. The maximum absolute atomic E-state index is 5.27. The molecule has 0 amide bonds. The Labute approximate surface area is 384 Å². The highest BCUT2D eigenvalue weighted by Crippen LogP contribution is 2.59. The second-order valence-electron chi connectivity index (χ2n) is 19.4. The molecule has 0 fully saturated rings. The minimum Gasteiger partial charge on any atom is -0.333 e. The number of hydrogen-bond acceptors (Lipinski definition) is 2. The predicted octanol–water partition coefficient (Wildman–Crippen LogP) is 14.0. The molecule has 66 heavy (non-hydrogen) atoms. The lowest BCUT2D eigenvalue weighted by atomic mass is 9.73. The van der Waals surface area contributed by atoms with E-state index in [9.17, 15) is 0 Å². The van der Waals surface area contributed by atoms with E-state index in [4.69, 9.17) is 9.97 Å². The number of aromatic amines is 1. The van der Waals surface area contributed by atoms with Crippen molar-refractivity contribution in [1.29, 1.82) is 0 Å². The van der Waals surface area contributed by atoms with Gasteiger partial charge in [0.2, 0.25) is 5.82 Å². The van der Waals surface area contributed by atoms with Crippen molar-refractivity contribution >= 4 is 61.1 Å². The van der Waals surface area contributed by atoms with E-state index in [2.05, 4.69) is 193 Å². The van der Waals surface area contributed by atoms with Crippen LogP contribution < -0.4 is 4.98 Å². The summed E-state index contributed by atoms with van der Waals surface area (Å²) < 4.78 is 5.04. The summed E-state index contributed by atoms with van der Waals surface area (Å²) in [6.07, 6.45) is 13.9. The van der Waals surface area contributed by atoms with Crippen LogP contribution in [0.2, 0.25) is 0 Å². The van der Waals surface area contributed by atoms with Crippen LogP contribution in [0.5, 0.6) is 0 Å². The van der Waals surface area contributed by atoms with Gasteiger partial charge in [0.1, 0.15) is 5.52 Å². The number of aromatic nitrogens is 5. The maximum atomic E-state index is 5.27. The second-order valence-corrected chi connectivity index (χ2v) is 19.4. The third-order valence-corrected chi connectivity index (χ3v) is 15.6. The van der Waals surface area contributed by atoms with E-state index < -0.39 is 0 Å². The van der Waals surface area contributed by atoms with E-state index in [1.54, 1.807) is 11.1 Å². The highest BCUT2D eigenvalue weighted by molar-refractivity contribution is 6.13. The molecule has 0 spiro atoms. The van der Waals surface area contributed by atoms with E-state index >= 15 is 0 Å². The summed E-state index contributed by atoms with van der Waals surface area (Å²) in [7, 11) is 0. The van der Waals surface area contributed by atoms with Gasteiger partial charge in [0.25, 0.3) is 5.82 Å². The van der Waals surface area contributed by atoms with Crippen LogP contribution >= 0.6 is 0 Å². The predicted molar refractivity (Wildman–Crippen MR) is 271 cm³/mol. The Hall–Kier alpha value is -7.63. The fourth-order valence-electron chi connectivity index (χ4n) is 12.8. The maximum Gasteiger partial charge on any atom is 0.360 e. The van der Waals surface area contributed by atoms with Crippen LogP contribution in [0, 0.1) is 0 Å². The van der Waals surface area contributed by atoms with Gasteiger partial charge < -0.3 is 4.57 Å². The fourth-order valence-corrected chi connectivity index (χ4v) is 12.8. The summed E-state index contributed by atoms with van der Waals surface area (Å²) in [5, 5.41) is 8.23. The number of fused-ring (bicyclic) bond motifs is 16. The first-order valence-electron chi connectivity index (χ1n) is 23.7. The van der Waals surface area contributed by atoms with Crippen molar-refractivity contribution in [2.24, 2.45) is 0 Å².